The molecule has 9 heteroatoms. The molecule has 1 atom stereocenters. The highest BCUT2D eigenvalue weighted by molar-refractivity contribution is 8.00. The summed E-state index contributed by atoms with van der Waals surface area (Å²) in [4.78, 5) is 48.5. The molecule has 144 valence electrons. The van der Waals surface area contributed by atoms with Gasteiger partial charge in [-0.2, -0.15) is 0 Å². The molecule has 8 nitrogen and oxygen atoms in total. The second-order valence-corrected chi connectivity index (χ2v) is 7.40. The highest BCUT2D eigenvalue weighted by Gasteiger charge is 2.34. The van der Waals surface area contributed by atoms with Crippen LogP contribution in [0.5, 0.6) is 0 Å². The number of non-ortho nitro benzene ring substituents is 1. The molecule has 0 aromatic heterocycles. The summed E-state index contributed by atoms with van der Waals surface area (Å²) in [6.07, 6.45) is 0. The van der Waals surface area contributed by atoms with Crippen LogP contribution >= 0.6 is 11.8 Å². The maximum absolute atomic E-state index is 12.2. The van der Waals surface area contributed by atoms with Crippen LogP contribution in [0.3, 0.4) is 0 Å². The molecule has 2 aromatic rings. The molecule has 0 fully saturated rings. The first-order valence-corrected chi connectivity index (χ1v) is 9.29. The van der Waals surface area contributed by atoms with E-state index in [0.717, 1.165) is 4.90 Å². The molecule has 2 aromatic carbocycles. The lowest BCUT2D eigenvalue weighted by Crippen LogP contribution is -2.34. The van der Waals surface area contributed by atoms with Gasteiger partial charge in [0.25, 0.3) is 17.5 Å². The molecule has 1 heterocycles. The van der Waals surface area contributed by atoms with Crippen LogP contribution in [0.25, 0.3) is 0 Å². The Labute approximate surface area is 164 Å². The van der Waals surface area contributed by atoms with E-state index in [9.17, 15) is 24.5 Å². The van der Waals surface area contributed by atoms with Crippen molar-refractivity contribution in [2.75, 3.05) is 13.2 Å². The van der Waals surface area contributed by atoms with Gasteiger partial charge in [0.2, 0.25) is 0 Å². The average molecular weight is 400 g/mol. The standard InChI is InChI=1S/C19H16N2O6S/c1-12(28-14-8-6-13(7-9-14)21(25)26)19(24)27-11-10-20-17(22)15-4-2-3-5-16(15)18(20)23/h2-9,12H,10-11H2,1H3/t12-/m1/s1. The van der Waals surface area contributed by atoms with Crippen molar-refractivity contribution in [2.24, 2.45) is 0 Å². The number of esters is 1. The fourth-order valence-corrected chi connectivity index (χ4v) is 3.56. The van der Waals surface area contributed by atoms with Crippen LogP contribution in [0.15, 0.2) is 53.4 Å². The molecule has 1 aliphatic heterocycles. The summed E-state index contributed by atoms with van der Waals surface area (Å²) in [5.74, 6) is -1.30. The van der Waals surface area contributed by atoms with Crippen LogP contribution in [-0.4, -0.2) is 46.0 Å². The Morgan fingerprint density at radius 1 is 1.11 bits per heavy atom. The first-order valence-electron chi connectivity index (χ1n) is 8.41. The average Bonchev–Trinajstić information content (AvgIpc) is 2.93. The summed E-state index contributed by atoms with van der Waals surface area (Å²) in [5.41, 5.74) is 0.669. The third kappa shape index (κ3) is 4.04. The van der Waals surface area contributed by atoms with Gasteiger partial charge >= 0.3 is 5.97 Å². The van der Waals surface area contributed by atoms with Crippen molar-refractivity contribution < 1.29 is 24.0 Å². The summed E-state index contributed by atoms with van der Waals surface area (Å²) >= 11 is 1.20. The number of carbonyl (C=O) groups is 3. The van der Waals surface area contributed by atoms with Crippen LogP contribution in [0, 0.1) is 10.1 Å². The Morgan fingerprint density at radius 2 is 1.68 bits per heavy atom. The largest absolute Gasteiger partial charge is 0.463 e. The van der Waals surface area contributed by atoms with E-state index in [1.165, 1.54) is 23.9 Å². The number of amides is 2. The van der Waals surface area contributed by atoms with Gasteiger partial charge in [-0.15, -0.1) is 11.8 Å². The summed E-state index contributed by atoms with van der Waals surface area (Å²) in [5, 5.41) is 10.1. The predicted octanol–water partition coefficient (Wildman–Crippen LogP) is 2.91. The van der Waals surface area contributed by atoms with Gasteiger partial charge in [0.15, 0.2) is 0 Å². The van der Waals surface area contributed by atoms with Crippen molar-refractivity contribution in [1.82, 2.24) is 4.90 Å². The molecule has 28 heavy (non-hydrogen) atoms. The van der Waals surface area contributed by atoms with E-state index in [-0.39, 0.29) is 18.8 Å². The Hall–Kier alpha value is -3.20. The number of thioether (sulfide) groups is 1. The third-order valence-corrected chi connectivity index (χ3v) is 5.22. The molecule has 0 bridgehead atoms. The molecule has 0 unspecified atom stereocenters. The zero-order valence-electron chi connectivity index (χ0n) is 14.9. The van der Waals surface area contributed by atoms with Gasteiger partial charge in [0.05, 0.1) is 22.6 Å². The molecule has 0 aliphatic carbocycles. The lowest BCUT2D eigenvalue weighted by molar-refractivity contribution is -0.384. The topological polar surface area (TPSA) is 107 Å². The van der Waals surface area contributed by atoms with Crippen LogP contribution in [0.1, 0.15) is 27.6 Å². The number of rotatable bonds is 7. The smallest absolute Gasteiger partial charge is 0.319 e. The summed E-state index contributed by atoms with van der Waals surface area (Å²) in [6, 6.07) is 12.4. The molecule has 1 aliphatic rings. The number of nitrogens with zero attached hydrogens (tertiary/aromatic N) is 2. The van der Waals surface area contributed by atoms with Gasteiger partial charge in [-0.25, -0.2) is 0 Å². The SMILES string of the molecule is C[C@@H](Sc1ccc([N+](=O)[O-])cc1)C(=O)OCCN1C(=O)c2ccccc2C1=O. The Balaban J connectivity index is 1.50. The normalized spacial score (nSPS) is 14.0. The maximum atomic E-state index is 12.2. The summed E-state index contributed by atoms with van der Waals surface area (Å²) < 4.78 is 5.18. The van der Waals surface area contributed by atoms with E-state index in [0.29, 0.717) is 16.0 Å². The van der Waals surface area contributed by atoms with Gasteiger partial charge in [-0.3, -0.25) is 29.4 Å². The van der Waals surface area contributed by atoms with E-state index in [4.69, 9.17) is 4.74 Å². The highest BCUT2D eigenvalue weighted by Crippen LogP contribution is 2.26. The number of imide groups is 1. The van der Waals surface area contributed by atoms with E-state index in [2.05, 4.69) is 0 Å². The van der Waals surface area contributed by atoms with Crippen molar-refractivity contribution in [3.05, 3.63) is 69.8 Å². The fourth-order valence-electron chi connectivity index (χ4n) is 2.70. The number of ether oxygens (including phenoxy) is 1. The number of fused-ring (bicyclic) bond motifs is 1. The van der Waals surface area contributed by atoms with Crippen LogP contribution in [0.2, 0.25) is 0 Å². The number of carbonyl (C=O) groups excluding carboxylic acids is 3. The zero-order valence-corrected chi connectivity index (χ0v) is 15.7. The van der Waals surface area contributed by atoms with Crippen LogP contribution in [-0.2, 0) is 9.53 Å². The number of hydrogen-bond acceptors (Lipinski definition) is 7. The number of nitro benzene ring substituents is 1. The Morgan fingerprint density at radius 3 is 2.21 bits per heavy atom. The van der Waals surface area contributed by atoms with Gasteiger partial charge in [0.1, 0.15) is 11.9 Å². The minimum atomic E-state index is -0.552. The fraction of sp³-hybridized carbons (Fsp3) is 0.211. The molecule has 0 spiro atoms. The highest BCUT2D eigenvalue weighted by atomic mass is 32.2. The Bertz CT molecular complexity index is 909. The minimum absolute atomic E-state index is 0.0208. The monoisotopic (exact) mass is 400 g/mol. The van der Waals surface area contributed by atoms with Crippen molar-refractivity contribution in [2.45, 2.75) is 17.1 Å². The maximum Gasteiger partial charge on any atom is 0.319 e. The van der Waals surface area contributed by atoms with E-state index >= 15 is 0 Å². The molecule has 3 rings (SSSR count). The van der Waals surface area contributed by atoms with Crippen molar-refractivity contribution in [3.63, 3.8) is 0 Å². The molecular formula is C19H16N2O6S. The molecule has 0 saturated carbocycles. The minimum Gasteiger partial charge on any atom is -0.463 e. The number of hydrogen-bond donors (Lipinski definition) is 0. The van der Waals surface area contributed by atoms with Crippen molar-refractivity contribution >= 4 is 35.2 Å². The second kappa shape index (κ2) is 8.22. The molecule has 0 N–H and O–H groups in total. The summed E-state index contributed by atoms with van der Waals surface area (Å²) in [7, 11) is 0. The zero-order chi connectivity index (χ0) is 20.3. The quantitative estimate of drug-likeness (QED) is 0.231. The van der Waals surface area contributed by atoms with Crippen LogP contribution in [0.4, 0.5) is 5.69 Å². The Kier molecular flexibility index (Phi) is 5.74. The lowest BCUT2D eigenvalue weighted by Gasteiger charge is -2.15. The van der Waals surface area contributed by atoms with Gasteiger partial charge in [-0.1, -0.05) is 12.1 Å². The van der Waals surface area contributed by atoms with Crippen LogP contribution < -0.4 is 0 Å². The van der Waals surface area contributed by atoms with E-state index in [1.807, 2.05) is 0 Å². The van der Waals surface area contributed by atoms with Crippen molar-refractivity contribution in [3.8, 4) is 0 Å². The molecule has 0 radical (unpaired) electrons. The summed E-state index contributed by atoms with van der Waals surface area (Å²) in [6.45, 7) is 1.53. The molecule has 2 amide bonds. The predicted molar refractivity (Wildman–Crippen MR) is 101 cm³/mol. The first-order chi connectivity index (χ1) is 13.4. The lowest BCUT2D eigenvalue weighted by atomic mass is 10.1. The van der Waals surface area contributed by atoms with Crippen molar-refractivity contribution in [1.29, 1.82) is 0 Å². The first kappa shape index (κ1) is 19.6. The second-order valence-electron chi connectivity index (χ2n) is 5.99. The van der Waals surface area contributed by atoms with Gasteiger partial charge < -0.3 is 4.74 Å². The molecule has 0 saturated heterocycles. The van der Waals surface area contributed by atoms with Gasteiger partial charge in [0, 0.05) is 17.0 Å². The van der Waals surface area contributed by atoms with Gasteiger partial charge in [-0.05, 0) is 31.2 Å². The molecular weight excluding hydrogens is 384 g/mol. The third-order valence-electron chi connectivity index (χ3n) is 4.13. The van der Waals surface area contributed by atoms with E-state index < -0.39 is 28.0 Å². The van der Waals surface area contributed by atoms with E-state index in [1.54, 1.807) is 43.3 Å². The number of benzene rings is 2. The number of nitro groups is 1.